The minimum absolute atomic E-state index is 0.115. The van der Waals surface area contributed by atoms with Crippen molar-refractivity contribution in [2.45, 2.75) is 6.42 Å². The first kappa shape index (κ1) is 13.9. The number of carbonyl (C=O) groups excluding carboxylic acids is 1. The van der Waals surface area contributed by atoms with Crippen LogP contribution >= 0.6 is 0 Å². The van der Waals surface area contributed by atoms with Crippen molar-refractivity contribution in [2.75, 3.05) is 23.0 Å². The second-order valence-corrected chi connectivity index (χ2v) is 4.37. The van der Waals surface area contributed by atoms with Crippen LogP contribution < -0.4 is 16.4 Å². The number of aliphatic hydroxyl groups excluding tert-OH is 1. The number of carbonyl (C=O) groups is 1. The SMILES string of the molecule is Nc1ccc(NC(=O)Nc2ccc(CCO)cc2)cc1. The van der Waals surface area contributed by atoms with Gasteiger partial charge in [0.15, 0.2) is 0 Å². The third kappa shape index (κ3) is 4.00. The molecule has 2 amide bonds. The summed E-state index contributed by atoms with van der Waals surface area (Å²) >= 11 is 0. The van der Waals surface area contributed by atoms with Gasteiger partial charge in [-0.25, -0.2) is 4.79 Å². The molecule has 0 aliphatic carbocycles. The van der Waals surface area contributed by atoms with Crippen molar-refractivity contribution in [3.05, 3.63) is 54.1 Å². The fourth-order valence-corrected chi connectivity index (χ4v) is 1.74. The Kier molecular flexibility index (Phi) is 4.57. The summed E-state index contributed by atoms with van der Waals surface area (Å²) in [5.74, 6) is 0. The number of aliphatic hydroxyl groups is 1. The van der Waals surface area contributed by atoms with E-state index in [-0.39, 0.29) is 12.6 Å². The summed E-state index contributed by atoms with van der Waals surface area (Å²) in [6.07, 6.45) is 0.609. The topological polar surface area (TPSA) is 87.4 Å². The highest BCUT2D eigenvalue weighted by Gasteiger charge is 2.02. The van der Waals surface area contributed by atoms with E-state index in [1.54, 1.807) is 36.4 Å². The summed E-state index contributed by atoms with van der Waals surface area (Å²) in [6.45, 7) is 0.115. The highest BCUT2D eigenvalue weighted by atomic mass is 16.3. The molecule has 0 unspecified atom stereocenters. The maximum atomic E-state index is 11.8. The van der Waals surface area contributed by atoms with Gasteiger partial charge in [-0.3, -0.25) is 0 Å². The van der Waals surface area contributed by atoms with E-state index in [9.17, 15) is 4.79 Å². The highest BCUT2D eigenvalue weighted by Crippen LogP contribution is 2.13. The largest absolute Gasteiger partial charge is 0.399 e. The van der Waals surface area contributed by atoms with Crippen LogP contribution in [0.1, 0.15) is 5.56 Å². The number of benzene rings is 2. The first-order valence-corrected chi connectivity index (χ1v) is 6.31. The normalized spacial score (nSPS) is 10.1. The molecule has 0 saturated carbocycles. The number of anilines is 3. The zero-order valence-electron chi connectivity index (χ0n) is 11.0. The molecule has 5 heteroatoms. The van der Waals surface area contributed by atoms with E-state index >= 15 is 0 Å². The van der Waals surface area contributed by atoms with E-state index in [4.69, 9.17) is 10.8 Å². The van der Waals surface area contributed by atoms with E-state index in [1.807, 2.05) is 12.1 Å². The highest BCUT2D eigenvalue weighted by molar-refractivity contribution is 5.99. The van der Waals surface area contributed by atoms with Gasteiger partial charge in [0.2, 0.25) is 0 Å². The lowest BCUT2D eigenvalue weighted by Crippen LogP contribution is -2.19. The van der Waals surface area contributed by atoms with Crippen LogP contribution in [0.2, 0.25) is 0 Å². The van der Waals surface area contributed by atoms with E-state index in [0.29, 0.717) is 23.5 Å². The third-order valence-electron chi connectivity index (χ3n) is 2.78. The Hall–Kier alpha value is -2.53. The molecule has 0 spiro atoms. The second-order valence-electron chi connectivity index (χ2n) is 4.37. The lowest BCUT2D eigenvalue weighted by molar-refractivity contribution is 0.262. The number of nitrogens with two attached hydrogens (primary N) is 1. The Morgan fingerprint density at radius 2 is 1.45 bits per heavy atom. The Morgan fingerprint density at radius 3 is 1.95 bits per heavy atom. The van der Waals surface area contributed by atoms with Gasteiger partial charge in [0.25, 0.3) is 0 Å². The average molecular weight is 271 g/mol. The standard InChI is InChI=1S/C15H17N3O2/c16-12-3-7-14(8-4-12)18-15(20)17-13-5-1-11(2-6-13)9-10-19/h1-8,19H,9-10,16H2,(H2,17,18,20). The Bertz CT molecular complexity index is 565. The summed E-state index contributed by atoms with van der Waals surface area (Å²) in [6, 6.07) is 13.9. The molecule has 0 aromatic heterocycles. The van der Waals surface area contributed by atoms with Crippen molar-refractivity contribution in [3.63, 3.8) is 0 Å². The van der Waals surface area contributed by atoms with Crippen LogP contribution in [0.5, 0.6) is 0 Å². The Balaban J connectivity index is 1.92. The van der Waals surface area contributed by atoms with Gasteiger partial charge in [0.1, 0.15) is 0 Å². The summed E-state index contributed by atoms with van der Waals surface area (Å²) in [5.41, 5.74) is 8.62. The van der Waals surface area contributed by atoms with E-state index in [2.05, 4.69) is 10.6 Å². The predicted octanol–water partition coefficient (Wildman–Crippen LogP) is 2.45. The average Bonchev–Trinajstić information content (AvgIpc) is 2.44. The van der Waals surface area contributed by atoms with Crippen molar-refractivity contribution in [2.24, 2.45) is 0 Å². The van der Waals surface area contributed by atoms with Gasteiger partial charge in [0.05, 0.1) is 0 Å². The summed E-state index contributed by atoms with van der Waals surface area (Å²) < 4.78 is 0. The van der Waals surface area contributed by atoms with Gasteiger partial charge in [-0.1, -0.05) is 12.1 Å². The Labute approximate surface area is 117 Å². The molecule has 2 aromatic carbocycles. The van der Waals surface area contributed by atoms with Crippen molar-refractivity contribution < 1.29 is 9.90 Å². The molecule has 0 fully saturated rings. The molecular weight excluding hydrogens is 254 g/mol. The number of nitrogen functional groups attached to an aromatic ring is 1. The predicted molar refractivity (Wildman–Crippen MR) is 80.7 cm³/mol. The third-order valence-corrected chi connectivity index (χ3v) is 2.78. The van der Waals surface area contributed by atoms with Crippen LogP contribution in [0.25, 0.3) is 0 Å². The maximum absolute atomic E-state index is 11.8. The number of rotatable bonds is 4. The smallest absolute Gasteiger partial charge is 0.323 e. The van der Waals surface area contributed by atoms with Gasteiger partial charge in [-0.15, -0.1) is 0 Å². The van der Waals surface area contributed by atoms with Crippen LogP contribution in [0.15, 0.2) is 48.5 Å². The molecule has 0 heterocycles. The number of urea groups is 1. The number of amides is 2. The molecule has 20 heavy (non-hydrogen) atoms. The molecule has 0 radical (unpaired) electrons. The molecule has 0 bridgehead atoms. The number of hydrogen-bond donors (Lipinski definition) is 4. The summed E-state index contributed by atoms with van der Waals surface area (Å²) in [5, 5.41) is 14.3. The molecule has 0 atom stereocenters. The molecule has 0 saturated heterocycles. The number of hydrogen-bond acceptors (Lipinski definition) is 3. The first-order valence-electron chi connectivity index (χ1n) is 6.31. The quantitative estimate of drug-likeness (QED) is 0.644. The zero-order valence-corrected chi connectivity index (χ0v) is 11.0. The zero-order chi connectivity index (χ0) is 14.4. The van der Waals surface area contributed by atoms with Crippen LogP contribution in [0.3, 0.4) is 0 Å². The fourth-order valence-electron chi connectivity index (χ4n) is 1.74. The van der Waals surface area contributed by atoms with Crippen LogP contribution in [0.4, 0.5) is 21.9 Å². The van der Waals surface area contributed by atoms with E-state index in [1.165, 1.54) is 0 Å². The Morgan fingerprint density at radius 1 is 0.950 bits per heavy atom. The van der Waals surface area contributed by atoms with Gasteiger partial charge in [-0.2, -0.15) is 0 Å². The van der Waals surface area contributed by atoms with Gasteiger partial charge < -0.3 is 21.5 Å². The van der Waals surface area contributed by atoms with E-state index < -0.39 is 0 Å². The lowest BCUT2D eigenvalue weighted by Gasteiger charge is -2.08. The van der Waals surface area contributed by atoms with Crippen molar-refractivity contribution in [3.8, 4) is 0 Å². The molecule has 2 aromatic rings. The molecule has 5 N–H and O–H groups in total. The van der Waals surface area contributed by atoms with Crippen molar-refractivity contribution in [1.29, 1.82) is 0 Å². The van der Waals surface area contributed by atoms with E-state index in [0.717, 1.165) is 5.56 Å². The van der Waals surface area contributed by atoms with Crippen LogP contribution in [0, 0.1) is 0 Å². The van der Waals surface area contributed by atoms with Crippen LogP contribution in [-0.2, 0) is 6.42 Å². The molecule has 5 nitrogen and oxygen atoms in total. The van der Waals surface area contributed by atoms with Crippen LogP contribution in [-0.4, -0.2) is 17.7 Å². The van der Waals surface area contributed by atoms with Crippen molar-refractivity contribution in [1.82, 2.24) is 0 Å². The summed E-state index contributed by atoms with van der Waals surface area (Å²) in [7, 11) is 0. The summed E-state index contributed by atoms with van der Waals surface area (Å²) in [4.78, 5) is 11.8. The molecule has 104 valence electrons. The minimum atomic E-state index is -0.315. The minimum Gasteiger partial charge on any atom is -0.399 e. The number of nitrogens with one attached hydrogen (secondary N) is 2. The first-order chi connectivity index (χ1) is 9.67. The fraction of sp³-hybridized carbons (Fsp3) is 0.133. The van der Waals surface area contributed by atoms with Crippen molar-refractivity contribution >= 4 is 23.1 Å². The monoisotopic (exact) mass is 271 g/mol. The van der Waals surface area contributed by atoms with Gasteiger partial charge >= 0.3 is 6.03 Å². The molecule has 0 aliphatic rings. The second kappa shape index (κ2) is 6.58. The molecular formula is C15H17N3O2. The van der Waals surface area contributed by atoms with Gasteiger partial charge in [0, 0.05) is 23.7 Å². The lowest BCUT2D eigenvalue weighted by atomic mass is 10.1. The maximum Gasteiger partial charge on any atom is 0.323 e. The van der Waals surface area contributed by atoms with Gasteiger partial charge in [-0.05, 0) is 48.4 Å². The molecule has 2 rings (SSSR count). The molecule has 0 aliphatic heterocycles.